The average Bonchev–Trinajstić information content (AvgIpc) is 3.20. The summed E-state index contributed by atoms with van der Waals surface area (Å²) in [6, 6.07) is 27.6. The Kier molecular flexibility index (Phi) is 5.87. The lowest BCUT2D eigenvalue weighted by molar-refractivity contribution is 0.140. The monoisotopic (exact) mass is 468 g/mol. The molecule has 0 radical (unpaired) electrons. The number of fused-ring (bicyclic) bond motifs is 1. The van der Waals surface area contributed by atoms with Gasteiger partial charge in [-0.15, -0.1) is 0 Å². The van der Waals surface area contributed by atoms with Crippen molar-refractivity contribution in [2.75, 3.05) is 19.5 Å². The van der Waals surface area contributed by atoms with Gasteiger partial charge < -0.3 is 19.5 Å². The van der Waals surface area contributed by atoms with Gasteiger partial charge in [0.05, 0.1) is 25.5 Å². The van der Waals surface area contributed by atoms with Crippen molar-refractivity contribution in [2.24, 2.45) is 4.99 Å². The second kappa shape index (κ2) is 9.14. The number of hydrogen-bond donors (Lipinski definition) is 1. The Balaban J connectivity index is 1.76. The number of aryl methyl sites for hydroxylation is 1. The third-order valence-corrected chi connectivity index (χ3v) is 6.03. The second-order valence-electron chi connectivity index (χ2n) is 8.23. The Hall–Kier alpha value is -4.32. The number of nitrogens with zero attached hydrogens (tertiary/aromatic N) is 1. The van der Waals surface area contributed by atoms with E-state index in [4.69, 9.17) is 19.2 Å². The van der Waals surface area contributed by atoms with Gasteiger partial charge in [0.25, 0.3) is 0 Å². The summed E-state index contributed by atoms with van der Waals surface area (Å²) in [4.78, 5) is 4.77. The number of hydrogen-bond acceptors (Lipinski definition) is 5. The number of ether oxygens (including phenoxy) is 3. The molecule has 0 amide bonds. The maximum atomic E-state index is 15.7. The van der Waals surface area contributed by atoms with E-state index >= 15 is 4.39 Å². The number of nitrogens with one attached hydrogen (secondary N) is 1. The van der Waals surface area contributed by atoms with Crippen molar-refractivity contribution >= 4 is 17.3 Å². The zero-order valence-corrected chi connectivity index (χ0v) is 19.7. The molecular weight excluding hydrogens is 443 g/mol. The minimum absolute atomic E-state index is 0.284. The van der Waals surface area contributed by atoms with Crippen molar-refractivity contribution in [3.63, 3.8) is 0 Å². The molecule has 35 heavy (non-hydrogen) atoms. The fraction of sp³-hybridized carbons (Fsp3) is 0.138. The highest BCUT2D eigenvalue weighted by atomic mass is 19.1. The molecule has 5 nitrogen and oxygen atoms in total. The lowest BCUT2D eigenvalue weighted by atomic mass is 9.91. The van der Waals surface area contributed by atoms with Crippen LogP contribution in [0.4, 0.5) is 15.8 Å². The normalized spacial score (nSPS) is 17.5. The summed E-state index contributed by atoms with van der Waals surface area (Å²) in [6.07, 6.45) is 0. The Morgan fingerprint density at radius 2 is 1.49 bits per heavy atom. The summed E-state index contributed by atoms with van der Waals surface area (Å²) >= 11 is 0. The highest BCUT2D eigenvalue weighted by Gasteiger charge is 2.49. The number of rotatable bonds is 6. The van der Waals surface area contributed by atoms with Crippen LogP contribution in [0.1, 0.15) is 22.3 Å². The molecule has 0 saturated carbocycles. The molecule has 4 aromatic carbocycles. The molecule has 4 aromatic rings. The van der Waals surface area contributed by atoms with Crippen molar-refractivity contribution in [2.45, 2.75) is 12.6 Å². The minimum atomic E-state index is -1.39. The van der Waals surface area contributed by atoms with Gasteiger partial charge in [-0.25, -0.2) is 9.38 Å². The molecule has 1 aliphatic rings. The largest absolute Gasteiger partial charge is 0.495 e. The van der Waals surface area contributed by atoms with E-state index in [9.17, 15) is 0 Å². The third-order valence-electron chi connectivity index (χ3n) is 6.03. The lowest BCUT2D eigenvalue weighted by Gasteiger charge is -2.32. The second-order valence-corrected chi connectivity index (χ2v) is 8.23. The molecule has 1 unspecified atom stereocenters. The predicted octanol–water partition coefficient (Wildman–Crippen LogP) is 6.57. The fourth-order valence-corrected chi connectivity index (χ4v) is 4.32. The molecule has 0 saturated heterocycles. The number of anilines is 1. The average molecular weight is 469 g/mol. The van der Waals surface area contributed by atoms with Crippen LogP contribution in [0.5, 0.6) is 11.5 Å². The molecule has 0 aliphatic carbocycles. The van der Waals surface area contributed by atoms with Gasteiger partial charge in [-0.05, 0) is 43.3 Å². The summed E-state index contributed by atoms with van der Waals surface area (Å²) in [5.74, 6) is 1.07. The fourth-order valence-electron chi connectivity index (χ4n) is 4.32. The van der Waals surface area contributed by atoms with Gasteiger partial charge in [0.1, 0.15) is 23.0 Å². The molecule has 1 heterocycles. The number of aliphatic imine (C=N–C) groups is 1. The van der Waals surface area contributed by atoms with Crippen LogP contribution in [0.25, 0.3) is 0 Å². The van der Waals surface area contributed by atoms with E-state index in [2.05, 4.69) is 5.32 Å². The molecule has 6 heteroatoms. The summed E-state index contributed by atoms with van der Waals surface area (Å²) < 4.78 is 33.3. The maximum absolute atomic E-state index is 15.7. The number of halogens is 1. The van der Waals surface area contributed by atoms with E-state index in [-0.39, 0.29) is 5.90 Å². The van der Waals surface area contributed by atoms with E-state index in [0.29, 0.717) is 34.0 Å². The van der Waals surface area contributed by atoms with Gasteiger partial charge in [-0.3, -0.25) is 0 Å². The first kappa shape index (κ1) is 22.5. The number of para-hydroxylation sites is 4. The van der Waals surface area contributed by atoms with Gasteiger partial charge in [0, 0.05) is 11.1 Å². The summed E-state index contributed by atoms with van der Waals surface area (Å²) in [5, 5.41) is 3.45. The van der Waals surface area contributed by atoms with Gasteiger partial charge >= 0.3 is 0 Å². The van der Waals surface area contributed by atoms with Gasteiger partial charge in [0.15, 0.2) is 0 Å². The van der Waals surface area contributed by atoms with Crippen LogP contribution >= 0.6 is 0 Å². The topological polar surface area (TPSA) is 52.1 Å². The van der Waals surface area contributed by atoms with E-state index in [1.807, 2.05) is 85.8 Å². The van der Waals surface area contributed by atoms with E-state index in [1.54, 1.807) is 20.3 Å². The minimum Gasteiger partial charge on any atom is -0.495 e. The van der Waals surface area contributed by atoms with Gasteiger partial charge in [-0.1, -0.05) is 60.2 Å². The molecule has 5 rings (SSSR count). The van der Waals surface area contributed by atoms with Crippen LogP contribution in [0.15, 0.2) is 96.0 Å². The quantitative estimate of drug-likeness (QED) is 0.348. The molecule has 0 fully saturated rings. The van der Waals surface area contributed by atoms with Crippen LogP contribution in [0.3, 0.4) is 0 Å². The summed E-state index contributed by atoms with van der Waals surface area (Å²) in [6.45, 7) is 2.00. The first-order valence-corrected chi connectivity index (χ1v) is 11.2. The molecular formula is C29H25FN2O3. The van der Waals surface area contributed by atoms with Gasteiger partial charge in [0.2, 0.25) is 11.6 Å². The lowest BCUT2D eigenvalue weighted by Crippen LogP contribution is -2.38. The highest BCUT2D eigenvalue weighted by molar-refractivity contribution is 6.01. The van der Waals surface area contributed by atoms with E-state index < -0.39 is 11.5 Å². The zero-order chi connectivity index (χ0) is 24.4. The third kappa shape index (κ3) is 3.97. The molecule has 0 aromatic heterocycles. The smallest absolute Gasteiger partial charge is 0.239 e. The Labute approximate surface area is 203 Å². The molecule has 1 aliphatic heterocycles. The molecule has 1 N–H and O–H groups in total. The van der Waals surface area contributed by atoms with Crippen molar-refractivity contribution in [1.29, 1.82) is 0 Å². The Morgan fingerprint density at radius 1 is 0.800 bits per heavy atom. The van der Waals surface area contributed by atoms with Crippen molar-refractivity contribution in [3.8, 4) is 11.5 Å². The Morgan fingerprint density at radius 3 is 2.23 bits per heavy atom. The molecule has 0 bridgehead atoms. The molecule has 176 valence electrons. The highest BCUT2D eigenvalue weighted by Crippen LogP contribution is 2.46. The van der Waals surface area contributed by atoms with Crippen LogP contribution in [0.2, 0.25) is 0 Å². The van der Waals surface area contributed by atoms with Crippen molar-refractivity contribution in [3.05, 3.63) is 119 Å². The molecule has 0 spiro atoms. The van der Waals surface area contributed by atoms with Crippen LogP contribution in [-0.2, 0) is 10.5 Å². The first-order chi connectivity index (χ1) is 17.1. The zero-order valence-electron chi connectivity index (χ0n) is 19.7. The number of benzene rings is 4. The summed E-state index contributed by atoms with van der Waals surface area (Å²) in [7, 11) is 3.18. The van der Waals surface area contributed by atoms with Crippen molar-refractivity contribution in [1.82, 2.24) is 0 Å². The summed E-state index contributed by atoms with van der Waals surface area (Å²) in [5.41, 5.74) is 2.56. The van der Waals surface area contributed by atoms with Gasteiger partial charge in [-0.2, -0.15) is 0 Å². The van der Waals surface area contributed by atoms with Crippen LogP contribution in [-0.4, -0.2) is 20.1 Å². The van der Waals surface area contributed by atoms with Crippen molar-refractivity contribution < 1.29 is 18.6 Å². The van der Waals surface area contributed by atoms with Crippen LogP contribution in [0, 0.1) is 12.7 Å². The SMILES string of the molecule is COc1ccccc1N=C1OC(Nc2ccccc2OC)(c2ccc(C)cc2)c2c(F)cccc21. The maximum Gasteiger partial charge on any atom is 0.239 e. The van der Waals surface area contributed by atoms with E-state index in [0.717, 1.165) is 11.1 Å². The van der Waals surface area contributed by atoms with E-state index in [1.165, 1.54) is 6.07 Å². The number of methoxy groups -OCH3 is 2. The predicted molar refractivity (Wildman–Crippen MR) is 135 cm³/mol. The Bertz CT molecular complexity index is 1400. The first-order valence-electron chi connectivity index (χ1n) is 11.2. The van der Waals surface area contributed by atoms with Crippen LogP contribution < -0.4 is 14.8 Å². The molecule has 1 atom stereocenters. The standard InChI is InChI=1S/C29H25FN2O3/c1-19-15-17-20(18-16-19)29(32-24-12-5-7-14-26(24)34-3)27-21(9-8-10-22(27)30)28(35-29)31-23-11-4-6-13-25(23)33-2/h4-18,32H,1-3H3.